The molecule has 1 aromatic carbocycles. The van der Waals surface area contributed by atoms with Crippen LogP contribution in [0.2, 0.25) is 0 Å². The molecule has 1 aliphatic heterocycles. The molecule has 0 unspecified atom stereocenters. The molecule has 3 heteroatoms. The molecule has 1 aromatic heterocycles. The predicted octanol–water partition coefficient (Wildman–Crippen LogP) is 2.97. The van der Waals surface area contributed by atoms with Crippen LogP contribution in [0.15, 0.2) is 48.7 Å². The van der Waals surface area contributed by atoms with Gasteiger partial charge in [0.2, 0.25) is 0 Å². The quantitative estimate of drug-likeness (QED) is 0.812. The second-order valence-corrected chi connectivity index (χ2v) is 5.92. The largest absolute Gasteiger partial charge is 0.292 e. The lowest BCUT2D eigenvalue weighted by Gasteiger charge is -2.22. The first-order valence-corrected chi connectivity index (χ1v) is 7.21. The monoisotopic (exact) mass is 277 g/mol. The van der Waals surface area contributed by atoms with E-state index in [4.69, 9.17) is 0 Å². The second-order valence-electron chi connectivity index (χ2n) is 5.92. The zero-order valence-corrected chi connectivity index (χ0v) is 12.4. The van der Waals surface area contributed by atoms with Crippen LogP contribution in [0.4, 0.5) is 5.82 Å². The van der Waals surface area contributed by atoms with Gasteiger partial charge < -0.3 is 0 Å². The molecule has 0 radical (unpaired) electrons. The molecule has 0 amide bonds. The normalized spacial score (nSPS) is 16.4. The van der Waals surface area contributed by atoms with Gasteiger partial charge >= 0.3 is 0 Å². The van der Waals surface area contributed by atoms with E-state index >= 15 is 0 Å². The van der Waals surface area contributed by atoms with Crippen LogP contribution in [-0.4, -0.2) is 17.1 Å². The van der Waals surface area contributed by atoms with Gasteiger partial charge in [-0.1, -0.05) is 30.0 Å². The second kappa shape index (κ2) is 5.59. The predicted molar refractivity (Wildman–Crippen MR) is 85.8 cm³/mol. The molecule has 0 saturated carbocycles. The van der Waals surface area contributed by atoms with Crippen molar-refractivity contribution in [1.29, 1.82) is 0 Å². The SMILES string of the molecule is CC1(C)CCN(c2ccc(C#Cc3ccccc3)cn2)N1. The minimum atomic E-state index is 0.146. The van der Waals surface area contributed by atoms with E-state index in [0.29, 0.717) is 0 Å². The molecule has 3 nitrogen and oxygen atoms in total. The number of hydrazine groups is 1. The standard InChI is InChI=1S/C18H19N3/c1-18(2)12-13-21(20-18)17-11-10-16(14-19-17)9-8-15-6-4-3-5-7-15/h3-7,10-11,14,20H,12-13H2,1-2H3. The van der Waals surface area contributed by atoms with Crippen LogP contribution in [0.25, 0.3) is 0 Å². The van der Waals surface area contributed by atoms with Gasteiger partial charge in [-0.15, -0.1) is 0 Å². The molecule has 3 rings (SSSR count). The van der Waals surface area contributed by atoms with Crippen LogP contribution in [-0.2, 0) is 0 Å². The van der Waals surface area contributed by atoms with Crippen molar-refractivity contribution in [2.75, 3.05) is 11.6 Å². The van der Waals surface area contributed by atoms with E-state index < -0.39 is 0 Å². The molecule has 21 heavy (non-hydrogen) atoms. The zero-order chi connectivity index (χ0) is 14.7. The fourth-order valence-electron chi connectivity index (χ4n) is 2.33. The maximum Gasteiger partial charge on any atom is 0.142 e. The Bertz CT molecular complexity index is 663. The van der Waals surface area contributed by atoms with Gasteiger partial charge in [-0.05, 0) is 44.5 Å². The Morgan fingerprint density at radius 2 is 1.81 bits per heavy atom. The van der Waals surface area contributed by atoms with Gasteiger partial charge in [0.15, 0.2) is 0 Å². The highest BCUT2D eigenvalue weighted by Crippen LogP contribution is 2.21. The summed E-state index contributed by atoms with van der Waals surface area (Å²) in [5.74, 6) is 7.24. The highest BCUT2D eigenvalue weighted by atomic mass is 15.6. The van der Waals surface area contributed by atoms with Gasteiger partial charge in [-0.3, -0.25) is 5.01 Å². The van der Waals surface area contributed by atoms with E-state index in [-0.39, 0.29) is 5.54 Å². The molecule has 0 atom stereocenters. The van der Waals surface area contributed by atoms with Crippen LogP contribution in [0.1, 0.15) is 31.4 Å². The molecule has 1 aliphatic rings. The number of hydrogen-bond donors (Lipinski definition) is 1. The van der Waals surface area contributed by atoms with Gasteiger partial charge in [-0.25, -0.2) is 10.4 Å². The fourth-order valence-corrected chi connectivity index (χ4v) is 2.33. The summed E-state index contributed by atoms with van der Waals surface area (Å²) in [6.07, 6.45) is 2.95. The maximum absolute atomic E-state index is 4.50. The molecule has 1 N–H and O–H groups in total. The number of rotatable bonds is 1. The van der Waals surface area contributed by atoms with Crippen molar-refractivity contribution in [1.82, 2.24) is 10.4 Å². The van der Waals surface area contributed by atoms with E-state index in [0.717, 1.165) is 29.9 Å². The average Bonchev–Trinajstić information content (AvgIpc) is 2.87. The topological polar surface area (TPSA) is 28.2 Å². The van der Waals surface area contributed by atoms with Crippen molar-refractivity contribution >= 4 is 5.82 Å². The molecular weight excluding hydrogens is 258 g/mol. The average molecular weight is 277 g/mol. The lowest BCUT2D eigenvalue weighted by atomic mass is 10.0. The number of anilines is 1. The molecule has 106 valence electrons. The smallest absolute Gasteiger partial charge is 0.142 e. The highest BCUT2D eigenvalue weighted by Gasteiger charge is 2.28. The zero-order valence-electron chi connectivity index (χ0n) is 12.4. The summed E-state index contributed by atoms with van der Waals surface area (Å²) in [6, 6.07) is 14.0. The Labute approximate surface area is 126 Å². The minimum absolute atomic E-state index is 0.146. The third-order valence-electron chi connectivity index (χ3n) is 3.55. The van der Waals surface area contributed by atoms with Gasteiger partial charge in [0.05, 0.1) is 0 Å². The summed E-state index contributed by atoms with van der Waals surface area (Å²) in [5, 5.41) is 2.11. The van der Waals surface area contributed by atoms with Crippen molar-refractivity contribution in [2.45, 2.75) is 25.8 Å². The van der Waals surface area contributed by atoms with E-state index in [1.807, 2.05) is 48.7 Å². The Balaban J connectivity index is 1.72. The summed E-state index contributed by atoms with van der Waals surface area (Å²) in [5.41, 5.74) is 5.55. The van der Waals surface area contributed by atoms with Crippen molar-refractivity contribution in [2.24, 2.45) is 0 Å². The number of benzene rings is 1. The summed E-state index contributed by atoms with van der Waals surface area (Å²) < 4.78 is 0. The molecule has 0 bridgehead atoms. The van der Waals surface area contributed by atoms with Crippen LogP contribution >= 0.6 is 0 Å². The first-order valence-electron chi connectivity index (χ1n) is 7.21. The Hall–Kier alpha value is -2.31. The molecule has 2 aromatic rings. The molecule has 1 saturated heterocycles. The Kier molecular flexibility index (Phi) is 3.64. The van der Waals surface area contributed by atoms with Crippen molar-refractivity contribution in [3.05, 3.63) is 59.8 Å². The first-order chi connectivity index (χ1) is 10.1. The van der Waals surface area contributed by atoms with Crippen LogP contribution in [0, 0.1) is 11.8 Å². The van der Waals surface area contributed by atoms with Crippen LogP contribution < -0.4 is 10.4 Å². The lowest BCUT2D eigenvalue weighted by molar-refractivity contribution is 0.451. The van der Waals surface area contributed by atoms with Gasteiger partial charge in [0.1, 0.15) is 5.82 Å². The van der Waals surface area contributed by atoms with Gasteiger partial charge in [0.25, 0.3) is 0 Å². The maximum atomic E-state index is 4.50. The van der Waals surface area contributed by atoms with Crippen LogP contribution in [0.5, 0.6) is 0 Å². The molecular formula is C18H19N3. The molecule has 0 aliphatic carbocycles. The number of nitrogens with zero attached hydrogens (tertiary/aromatic N) is 2. The summed E-state index contributed by atoms with van der Waals surface area (Å²) in [7, 11) is 0. The van der Waals surface area contributed by atoms with E-state index in [9.17, 15) is 0 Å². The Morgan fingerprint density at radius 3 is 2.43 bits per heavy atom. The van der Waals surface area contributed by atoms with Crippen molar-refractivity contribution in [3.8, 4) is 11.8 Å². The van der Waals surface area contributed by atoms with Crippen molar-refractivity contribution in [3.63, 3.8) is 0 Å². The fraction of sp³-hybridized carbons (Fsp3) is 0.278. The third kappa shape index (κ3) is 3.42. The number of hydrogen-bond acceptors (Lipinski definition) is 3. The summed E-state index contributed by atoms with van der Waals surface area (Å²) >= 11 is 0. The van der Waals surface area contributed by atoms with E-state index in [1.165, 1.54) is 0 Å². The van der Waals surface area contributed by atoms with Gasteiger partial charge in [-0.2, -0.15) is 0 Å². The molecule has 1 fully saturated rings. The highest BCUT2D eigenvalue weighted by molar-refractivity contribution is 5.46. The number of nitrogens with one attached hydrogen (secondary N) is 1. The first kappa shape index (κ1) is 13.7. The number of aromatic nitrogens is 1. The minimum Gasteiger partial charge on any atom is -0.292 e. The van der Waals surface area contributed by atoms with E-state index in [1.54, 1.807) is 0 Å². The summed E-state index contributed by atoms with van der Waals surface area (Å²) in [4.78, 5) is 4.50. The van der Waals surface area contributed by atoms with Crippen molar-refractivity contribution < 1.29 is 0 Å². The summed E-state index contributed by atoms with van der Waals surface area (Å²) in [6.45, 7) is 5.38. The van der Waals surface area contributed by atoms with Gasteiger partial charge in [0, 0.05) is 29.4 Å². The number of pyridine rings is 1. The van der Waals surface area contributed by atoms with Crippen LogP contribution in [0.3, 0.4) is 0 Å². The Morgan fingerprint density at radius 1 is 1.05 bits per heavy atom. The van der Waals surface area contributed by atoms with E-state index in [2.05, 4.69) is 41.1 Å². The molecule has 0 spiro atoms. The lowest BCUT2D eigenvalue weighted by Crippen LogP contribution is -2.41. The molecule has 2 heterocycles. The third-order valence-corrected chi connectivity index (χ3v) is 3.55.